The molecule has 1 N–H and O–H groups in total. The summed E-state index contributed by atoms with van der Waals surface area (Å²) in [4.78, 5) is 23.4. The van der Waals surface area contributed by atoms with Crippen LogP contribution in [0.15, 0.2) is 0 Å². The molecule has 2 atom stereocenters. The summed E-state index contributed by atoms with van der Waals surface area (Å²) in [5, 5.41) is 2.50. The lowest BCUT2D eigenvalue weighted by Gasteiger charge is -2.25. The molecule has 1 saturated carbocycles. The van der Waals surface area contributed by atoms with Crippen molar-refractivity contribution < 1.29 is 23.8 Å². The number of hydrogen-bond donors (Lipinski definition) is 1. The fourth-order valence-electron chi connectivity index (χ4n) is 1.52. The normalized spacial score (nSPS) is 18.4. The average Bonchev–Trinajstić information content (AvgIpc) is 3.06. The first-order chi connectivity index (χ1) is 8.73. The lowest BCUT2D eigenvalue weighted by atomic mass is 10.2. The minimum atomic E-state index is -0.861. The van der Waals surface area contributed by atoms with Crippen LogP contribution < -0.4 is 5.32 Å². The van der Waals surface area contributed by atoms with E-state index in [1.807, 2.05) is 0 Å². The molecule has 0 bridgehead atoms. The maximum Gasteiger partial charge on any atom is 0.408 e. The van der Waals surface area contributed by atoms with Crippen molar-refractivity contribution >= 4 is 12.1 Å². The number of amides is 1. The zero-order valence-corrected chi connectivity index (χ0v) is 12.2. The lowest BCUT2D eigenvalue weighted by molar-refractivity contribution is -0.147. The molecule has 1 aliphatic carbocycles. The molecular weight excluding hydrogens is 250 g/mol. The van der Waals surface area contributed by atoms with Gasteiger partial charge in [-0.3, -0.25) is 0 Å². The second-order valence-corrected chi connectivity index (χ2v) is 5.69. The van der Waals surface area contributed by atoms with Crippen molar-refractivity contribution in [1.29, 1.82) is 0 Å². The van der Waals surface area contributed by atoms with E-state index in [9.17, 15) is 9.59 Å². The summed E-state index contributed by atoms with van der Waals surface area (Å²) in [6, 6.07) is -0.861. The van der Waals surface area contributed by atoms with E-state index in [-0.39, 0.29) is 6.10 Å². The van der Waals surface area contributed by atoms with Crippen LogP contribution in [0.5, 0.6) is 0 Å². The van der Waals surface area contributed by atoms with Gasteiger partial charge in [-0.05, 0) is 40.5 Å². The fourth-order valence-corrected chi connectivity index (χ4v) is 1.52. The third-order valence-electron chi connectivity index (χ3n) is 2.53. The van der Waals surface area contributed by atoms with E-state index in [4.69, 9.17) is 9.47 Å². The Balaban J connectivity index is 2.57. The number of hydrogen-bond acceptors (Lipinski definition) is 5. The highest BCUT2D eigenvalue weighted by molar-refractivity contribution is 5.82. The van der Waals surface area contributed by atoms with Gasteiger partial charge in [0.1, 0.15) is 5.60 Å². The molecule has 1 amide bonds. The lowest BCUT2D eigenvalue weighted by Crippen LogP contribution is -2.50. The first-order valence-corrected chi connectivity index (χ1v) is 6.45. The van der Waals surface area contributed by atoms with Gasteiger partial charge in [-0.1, -0.05) is 0 Å². The van der Waals surface area contributed by atoms with Crippen LogP contribution in [0.3, 0.4) is 0 Å². The summed E-state index contributed by atoms with van der Waals surface area (Å²) >= 11 is 0. The number of carbonyl (C=O) groups is 2. The molecule has 0 aromatic rings. The van der Waals surface area contributed by atoms with Crippen LogP contribution >= 0.6 is 0 Å². The quantitative estimate of drug-likeness (QED) is 0.770. The van der Waals surface area contributed by atoms with Crippen LogP contribution in [0.2, 0.25) is 0 Å². The van der Waals surface area contributed by atoms with E-state index < -0.39 is 29.8 Å². The number of rotatable bonds is 5. The Morgan fingerprint density at radius 3 is 2.26 bits per heavy atom. The second kappa shape index (κ2) is 6.23. The summed E-state index contributed by atoms with van der Waals surface area (Å²) in [6.07, 6.45) is 1.05. The Morgan fingerprint density at radius 2 is 1.84 bits per heavy atom. The molecule has 0 spiro atoms. The number of alkyl carbamates (subject to hydrolysis) is 1. The summed E-state index contributed by atoms with van der Waals surface area (Å²) in [5.41, 5.74) is -0.620. The van der Waals surface area contributed by atoms with E-state index >= 15 is 0 Å². The maximum absolute atomic E-state index is 11.7. The molecule has 6 nitrogen and oxygen atoms in total. The van der Waals surface area contributed by atoms with Gasteiger partial charge in [-0.15, -0.1) is 0 Å². The standard InChI is InChI=1S/C13H23NO5/c1-8(18-9-6-7-9)10(11(15)17-5)14-12(16)19-13(2,3)4/h8-10H,6-7H2,1-5H3,(H,14,16)/t8-,10+/m1/s1. The molecule has 19 heavy (non-hydrogen) atoms. The molecule has 0 heterocycles. The monoisotopic (exact) mass is 273 g/mol. The zero-order valence-electron chi connectivity index (χ0n) is 12.2. The van der Waals surface area contributed by atoms with Crippen molar-refractivity contribution in [3.8, 4) is 0 Å². The van der Waals surface area contributed by atoms with Crippen LogP contribution in [0.25, 0.3) is 0 Å². The van der Waals surface area contributed by atoms with Crippen LogP contribution in [-0.4, -0.2) is 43.0 Å². The van der Waals surface area contributed by atoms with Gasteiger partial charge in [0.25, 0.3) is 0 Å². The number of carbonyl (C=O) groups excluding carboxylic acids is 2. The van der Waals surface area contributed by atoms with Crippen LogP contribution in [-0.2, 0) is 19.0 Å². The molecule has 110 valence electrons. The molecule has 0 unspecified atom stereocenters. The minimum Gasteiger partial charge on any atom is -0.467 e. The maximum atomic E-state index is 11.7. The molecule has 1 fully saturated rings. The number of ether oxygens (including phenoxy) is 3. The van der Waals surface area contributed by atoms with E-state index in [0.717, 1.165) is 12.8 Å². The molecule has 6 heteroatoms. The molecule has 0 radical (unpaired) electrons. The number of nitrogens with one attached hydrogen (secondary N) is 1. The van der Waals surface area contributed by atoms with Crippen LogP contribution in [0.4, 0.5) is 4.79 Å². The largest absolute Gasteiger partial charge is 0.467 e. The minimum absolute atomic E-state index is 0.183. The van der Waals surface area contributed by atoms with Gasteiger partial charge in [-0.25, -0.2) is 9.59 Å². The zero-order chi connectivity index (χ0) is 14.6. The smallest absolute Gasteiger partial charge is 0.408 e. The average molecular weight is 273 g/mol. The van der Waals surface area contributed by atoms with Gasteiger partial charge in [0.15, 0.2) is 6.04 Å². The highest BCUT2D eigenvalue weighted by Gasteiger charge is 2.34. The summed E-state index contributed by atoms with van der Waals surface area (Å²) < 4.78 is 15.4. The van der Waals surface area contributed by atoms with Gasteiger partial charge in [-0.2, -0.15) is 0 Å². The third kappa shape index (κ3) is 5.92. The number of esters is 1. The van der Waals surface area contributed by atoms with Gasteiger partial charge >= 0.3 is 12.1 Å². The second-order valence-electron chi connectivity index (χ2n) is 5.69. The highest BCUT2D eigenvalue weighted by atomic mass is 16.6. The van der Waals surface area contributed by atoms with E-state index in [1.165, 1.54) is 7.11 Å². The van der Waals surface area contributed by atoms with E-state index in [1.54, 1.807) is 27.7 Å². The predicted octanol–water partition coefficient (Wildman–Crippen LogP) is 1.62. The van der Waals surface area contributed by atoms with Crippen molar-refractivity contribution in [2.45, 2.75) is 64.4 Å². The topological polar surface area (TPSA) is 73.9 Å². The molecule has 0 aliphatic heterocycles. The van der Waals surface area contributed by atoms with Gasteiger partial charge in [0.2, 0.25) is 0 Å². The molecule has 0 aromatic heterocycles. The Bertz CT molecular complexity index is 332. The molecular formula is C13H23NO5. The van der Waals surface area contributed by atoms with E-state index in [0.29, 0.717) is 0 Å². The summed E-state index contributed by atoms with van der Waals surface area (Å²) in [6.45, 7) is 6.99. The Morgan fingerprint density at radius 1 is 1.26 bits per heavy atom. The van der Waals surface area contributed by atoms with Gasteiger partial charge in [0, 0.05) is 0 Å². The predicted molar refractivity (Wildman–Crippen MR) is 68.7 cm³/mol. The highest BCUT2D eigenvalue weighted by Crippen LogP contribution is 2.26. The fraction of sp³-hybridized carbons (Fsp3) is 0.846. The summed E-state index contributed by atoms with van der Waals surface area (Å²) in [5.74, 6) is -0.543. The Hall–Kier alpha value is -1.30. The van der Waals surface area contributed by atoms with E-state index in [2.05, 4.69) is 10.1 Å². The molecule has 0 saturated heterocycles. The number of methoxy groups -OCH3 is 1. The third-order valence-corrected chi connectivity index (χ3v) is 2.53. The van der Waals surface area contributed by atoms with Crippen LogP contribution in [0, 0.1) is 0 Å². The molecule has 1 rings (SSSR count). The van der Waals surface area contributed by atoms with Crippen molar-refractivity contribution in [2.24, 2.45) is 0 Å². The van der Waals surface area contributed by atoms with Crippen molar-refractivity contribution in [3.05, 3.63) is 0 Å². The van der Waals surface area contributed by atoms with Crippen LogP contribution in [0.1, 0.15) is 40.5 Å². The summed E-state index contributed by atoms with van der Waals surface area (Å²) in [7, 11) is 1.27. The van der Waals surface area contributed by atoms with Crippen molar-refractivity contribution in [1.82, 2.24) is 5.32 Å². The Kier molecular flexibility index (Phi) is 5.17. The van der Waals surface area contributed by atoms with Crippen molar-refractivity contribution in [3.63, 3.8) is 0 Å². The van der Waals surface area contributed by atoms with Crippen molar-refractivity contribution in [2.75, 3.05) is 7.11 Å². The van der Waals surface area contributed by atoms with Gasteiger partial charge in [0.05, 0.1) is 19.3 Å². The SMILES string of the molecule is COC(=O)[C@@H](NC(=O)OC(C)(C)C)[C@@H](C)OC1CC1. The molecule has 1 aliphatic rings. The first kappa shape index (κ1) is 15.8. The Labute approximate surface area is 113 Å². The van der Waals surface area contributed by atoms with Gasteiger partial charge < -0.3 is 19.5 Å². The first-order valence-electron chi connectivity index (χ1n) is 6.45. The molecule has 0 aromatic carbocycles.